The lowest BCUT2D eigenvalue weighted by Crippen LogP contribution is -2.13. The summed E-state index contributed by atoms with van der Waals surface area (Å²) in [5.74, 6) is 0.891. The molecular weight excluding hydrogens is 309 g/mol. The highest BCUT2D eigenvalue weighted by Crippen LogP contribution is 2.30. The average molecular weight is 322 g/mol. The van der Waals surface area contributed by atoms with Crippen molar-refractivity contribution in [1.82, 2.24) is 15.3 Å². The topological polar surface area (TPSA) is 60.9 Å². The summed E-state index contributed by atoms with van der Waals surface area (Å²) in [6.45, 7) is 1.00. The van der Waals surface area contributed by atoms with E-state index in [1.54, 1.807) is 6.07 Å². The first kappa shape index (κ1) is 14.2. The van der Waals surface area contributed by atoms with E-state index in [1.807, 2.05) is 24.3 Å². The van der Waals surface area contributed by atoms with E-state index in [9.17, 15) is 5.11 Å². The molecule has 1 heterocycles. The van der Waals surface area contributed by atoms with E-state index in [1.165, 1.54) is 6.07 Å². The maximum Gasteiger partial charge on any atom is 0.138 e. The van der Waals surface area contributed by atoms with Crippen LogP contribution in [0.2, 0.25) is 10.0 Å². The summed E-state index contributed by atoms with van der Waals surface area (Å²) in [6.07, 6.45) is 0. The fraction of sp³-hybridized carbons (Fsp3) is 0.133. The fourth-order valence-corrected chi connectivity index (χ4v) is 2.69. The molecule has 3 N–H and O–H groups in total. The summed E-state index contributed by atoms with van der Waals surface area (Å²) in [6, 6.07) is 11.1. The smallest absolute Gasteiger partial charge is 0.138 e. The van der Waals surface area contributed by atoms with Crippen molar-refractivity contribution < 1.29 is 5.11 Å². The summed E-state index contributed by atoms with van der Waals surface area (Å²) in [5.41, 5.74) is 2.59. The van der Waals surface area contributed by atoms with Crippen LogP contribution >= 0.6 is 23.2 Å². The third-order valence-corrected chi connectivity index (χ3v) is 3.66. The number of nitrogens with zero attached hydrogens (tertiary/aromatic N) is 1. The van der Waals surface area contributed by atoms with Crippen molar-refractivity contribution in [3.63, 3.8) is 0 Å². The minimum Gasteiger partial charge on any atom is -0.506 e. The number of halogens is 2. The number of rotatable bonds is 4. The standard InChI is InChI=1S/C15H13Cl2N3O/c16-10-5-9(15(21)11(17)6-10)7-18-8-14-19-12-3-1-2-4-13(12)20-14/h1-6,18,21H,7-8H2,(H,19,20). The van der Waals surface area contributed by atoms with Gasteiger partial charge in [-0.15, -0.1) is 0 Å². The quantitative estimate of drug-likeness (QED) is 0.683. The van der Waals surface area contributed by atoms with Gasteiger partial charge in [-0.2, -0.15) is 0 Å². The summed E-state index contributed by atoms with van der Waals surface area (Å²) in [5, 5.41) is 13.8. The Labute approximate surface area is 131 Å². The van der Waals surface area contributed by atoms with Crippen LogP contribution in [0.3, 0.4) is 0 Å². The Hall–Kier alpha value is -1.75. The number of aromatic hydroxyl groups is 1. The van der Waals surface area contributed by atoms with Crippen LogP contribution in [0.5, 0.6) is 5.75 Å². The van der Waals surface area contributed by atoms with E-state index in [0.717, 1.165) is 16.9 Å². The molecule has 1 aromatic heterocycles. The number of hydrogen-bond donors (Lipinski definition) is 3. The molecule has 0 amide bonds. The summed E-state index contributed by atoms with van der Waals surface area (Å²) in [4.78, 5) is 7.70. The minimum atomic E-state index is 0.0539. The molecule has 3 aromatic rings. The third kappa shape index (κ3) is 3.13. The van der Waals surface area contributed by atoms with Gasteiger partial charge in [0.05, 0.1) is 22.6 Å². The first-order chi connectivity index (χ1) is 10.1. The highest BCUT2D eigenvalue weighted by atomic mass is 35.5. The van der Waals surface area contributed by atoms with Crippen LogP contribution < -0.4 is 5.32 Å². The SMILES string of the molecule is Oc1c(Cl)cc(Cl)cc1CNCc1nc2ccccc2[nH]1. The van der Waals surface area contributed by atoms with Gasteiger partial charge in [-0.25, -0.2) is 4.98 Å². The number of imidazole rings is 1. The van der Waals surface area contributed by atoms with Gasteiger partial charge in [-0.05, 0) is 24.3 Å². The number of benzene rings is 2. The predicted molar refractivity (Wildman–Crippen MR) is 84.8 cm³/mol. The number of phenolic OH excluding ortho intramolecular Hbond substituents is 1. The Bertz CT molecular complexity index is 753. The monoisotopic (exact) mass is 321 g/mol. The van der Waals surface area contributed by atoms with Gasteiger partial charge in [0.2, 0.25) is 0 Å². The summed E-state index contributed by atoms with van der Waals surface area (Å²) < 4.78 is 0. The lowest BCUT2D eigenvalue weighted by Gasteiger charge is -2.07. The van der Waals surface area contributed by atoms with Crippen LogP contribution in [-0.4, -0.2) is 15.1 Å². The van der Waals surface area contributed by atoms with E-state index in [-0.39, 0.29) is 10.8 Å². The van der Waals surface area contributed by atoms with Crippen molar-refractivity contribution >= 4 is 34.2 Å². The Morgan fingerprint density at radius 1 is 1.14 bits per heavy atom. The van der Waals surface area contributed by atoms with Crippen LogP contribution in [0, 0.1) is 0 Å². The van der Waals surface area contributed by atoms with Crippen LogP contribution in [-0.2, 0) is 13.1 Å². The molecular formula is C15H13Cl2N3O. The second-order valence-corrected chi connectivity index (χ2v) is 5.54. The third-order valence-electron chi connectivity index (χ3n) is 3.15. The first-order valence-electron chi connectivity index (χ1n) is 6.45. The van der Waals surface area contributed by atoms with Crippen LogP contribution in [0.1, 0.15) is 11.4 Å². The van der Waals surface area contributed by atoms with Crippen LogP contribution in [0.15, 0.2) is 36.4 Å². The van der Waals surface area contributed by atoms with Crippen LogP contribution in [0.4, 0.5) is 0 Å². The number of para-hydroxylation sites is 2. The Kier molecular flexibility index (Phi) is 4.01. The zero-order chi connectivity index (χ0) is 14.8. The van der Waals surface area contributed by atoms with Crippen molar-refractivity contribution in [1.29, 1.82) is 0 Å². The number of nitrogens with one attached hydrogen (secondary N) is 2. The molecule has 108 valence electrons. The zero-order valence-corrected chi connectivity index (χ0v) is 12.5. The molecule has 6 heteroatoms. The van der Waals surface area contributed by atoms with Gasteiger partial charge < -0.3 is 15.4 Å². The molecule has 0 atom stereocenters. The van der Waals surface area contributed by atoms with Gasteiger partial charge in [0, 0.05) is 17.1 Å². The highest BCUT2D eigenvalue weighted by molar-refractivity contribution is 6.35. The second-order valence-electron chi connectivity index (χ2n) is 4.70. The lowest BCUT2D eigenvalue weighted by atomic mass is 10.2. The van der Waals surface area contributed by atoms with E-state index >= 15 is 0 Å². The lowest BCUT2D eigenvalue weighted by molar-refractivity contribution is 0.464. The van der Waals surface area contributed by atoms with E-state index in [2.05, 4.69) is 15.3 Å². The first-order valence-corrected chi connectivity index (χ1v) is 7.20. The normalized spacial score (nSPS) is 11.1. The van der Waals surface area contributed by atoms with E-state index < -0.39 is 0 Å². The predicted octanol–water partition coefficient (Wildman–Crippen LogP) is 3.87. The van der Waals surface area contributed by atoms with E-state index in [0.29, 0.717) is 23.7 Å². The molecule has 2 aromatic carbocycles. The summed E-state index contributed by atoms with van der Waals surface area (Å²) >= 11 is 11.8. The number of aromatic nitrogens is 2. The zero-order valence-electron chi connectivity index (χ0n) is 11.0. The van der Waals surface area contributed by atoms with Gasteiger partial charge in [-0.1, -0.05) is 35.3 Å². The van der Waals surface area contributed by atoms with E-state index in [4.69, 9.17) is 23.2 Å². The molecule has 0 aliphatic heterocycles. The molecule has 0 bridgehead atoms. The molecule has 0 saturated carbocycles. The minimum absolute atomic E-state index is 0.0539. The number of fused-ring (bicyclic) bond motifs is 1. The molecule has 0 radical (unpaired) electrons. The Morgan fingerprint density at radius 2 is 1.95 bits per heavy atom. The van der Waals surface area contributed by atoms with Gasteiger partial charge in [0.15, 0.2) is 0 Å². The maximum atomic E-state index is 9.88. The van der Waals surface area contributed by atoms with Crippen molar-refractivity contribution in [3.8, 4) is 5.75 Å². The van der Waals surface area contributed by atoms with Gasteiger partial charge in [0.25, 0.3) is 0 Å². The molecule has 21 heavy (non-hydrogen) atoms. The molecule has 0 spiro atoms. The largest absolute Gasteiger partial charge is 0.506 e. The molecule has 0 fully saturated rings. The Balaban J connectivity index is 1.68. The highest BCUT2D eigenvalue weighted by Gasteiger charge is 2.08. The van der Waals surface area contributed by atoms with Crippen molar-refractivity contribution in [3.05, 3.63) is 57.8 Å². The van der Waals surface area contributed by atoms with Crippen molar-refractivity contribution in [2.24, 2.45) is 0 Å². The second kappa shape index (κ2) is 5.93. The molecule has 4 nitrogen and oxygen atoms in total. The van der Waals surface area contributed by atoms with Gasteiger partial charge >= 0.3 is 0 Å². The number of aromatic amines is 1. The van der Waals surface area contributed by atoms with Crippen LogP contribution in [0.25, 0.3) is 11.0 Å². The molecule has 3 rings (SSSR count). The molecule has 0 unspecified atom stereocenters. The van der Waals surface area contributed by atoms with Gasteiger partial charge in [-0.3, -0.25) is 0 Å². The molecule has 0 aliphatic carbocycles. The maximum absolute atomic E-state index is 9.88. The molecule has 0 aliphatic rings. The molecule has 0 saturated heterocycles. The fourth-order valence-electron chi connectivity index (χ4n) is 2.16. The Morgan fingerprint density at radius 3 is 2.76 bits per heavy atom. The van der Waals surface area contributed by atoms with Crippen molar-refractivity contribution in [2.45, 2.75) is 13.1 Å². The average Bonchev–Trinajstić information content (AvgIpc) is 2.86. The summed E-state index contributed by atoms with van der Waals surface area (Å²) in [7, 11) is 0. The number of phenols is 1. The van der Waals surface area contributed by atoms with Gasteiger partial charge in [0.1, 0.15) is 11.6 Å². The number of H-pyrrole nitrogens is 1. The van der Waals surface area contributed by atoms with Crippen molar-refractivity contribution in [2.75, 3.05) is 0 Å². The number of hydrogen-bond acceptors (Lipinski definition) is 3.